The van der Waals surface area contributed by atoms with E-state index in [0.29, 0.717) is 59.2 Å². The molecule has 1 amide bonds. The standard InChI is InChI=1S/C33H34Cl2FNO6/c1-3-32(41,21-14-16-43-17-15-21)23-18-26-30(27(36)19-23)33(42-2,22-6-10-25(35)11-7-22)37(31(26)40)28(12-13-29(38)39)20-4-8-24(34)9-5-20/h4-11,18-19,21,28,41H,3,12-17H2,1-2H3,(H,38,39)/t28-,32?,33+/m0/s1. The number of halogens is 3. The molecule has 228 valence electrons. The first kappa shape index (κ1) is 31.4. The van der Waals surface area contributed by atoms with Gasteiger partial charge in [-0.3, -0.25) is 14.5 Å². The van der Waals surface area contributed by atoms with E-state index in [4.69, 9.17) is 32.7 Å². The van der Waals surface area contributed by atoms with Crippen LogP contribution in [0, 0.1) is 11.7 Å². The number of ether oxygens (including phenoxy) is 2. The second-order valence-corrected chi connectivity index (χ2v) is 11.9. The Morgan fingerprint density at radius 3 is 2.28 bits per heavy atom. The van der Waals surface area contributed by atoms with Crippen molar-refractivity contribution in [3.05, 3.63) is 104 Å². The minimum atomic E-state index is -1.77. The van der Waals surface area contributed by atoms with E-state index >= 15 is 4.39 Å². The van der Waals surface area contributed by atoms with Crippen LogP contribution >= 0.6 is 23.2 Å². The Kier molecular flexibility index (Phi) is 9.16. The number of nitrogens with zero attached hydrogens (tertiary/aromatic N) is 1. The third-order valence-electron chi connectivity index (χ3n) is 8.88. The van der Waals surface area contributed by atoms with Crippen molar-refractivity contribution in [2.24, 2.45) is 5.92 Å². The molecule has 2 aliphatic heterocycles. The number of carboxylic acids is 1. The molecule has 1 saturated heterocycles. The van der Waals surface area contributed by atoms with E-state index < -0.39 is 35.1 Å². The first-order valence-corrected chi connectivity index (χ1v) is 15.1. The number of aliphatic hydroxyl groups is 1. The van der Waals surface area contributed by atoms with Crippen LogP contribution in [0.25, 0.3) is 0 Å². The van der Waals surface area contributed by atoms with Crippen molar-refractivity contribution in [3.8, 4) is 0 Å². The van der Waals surface area contributed by atoms with Crippen LogP contribution in [0.4, 0.5) is 4.39 Å². The minimum absolute atomic E-state index is 0.00853. The van der Waals surface area contributed by atoms with Gasteiger partial charge in [0.1, 0.15) is 5.82 Å². The molecule has 43 heavy (non-hydrogen) atoms. The smallest absolute Gasteiger partial charge is 0.303 e. The molecular formula is C33H34Cl2FNO6. The van der Waals surface area contributed by atoms with Gasteiger partial charge < -0.3 is 19.7 Å². The maximum Gasteiger partial charge on any atom is 0.303 e. The Balaban J connectivity index is 1.75. The molecule has 5 rings (SSSR count). The maximum absolute atomic E-state index is 16.7. The molecule has 2 aliphatic rings. The molecule has 0 spiro atoms. The highest BCUT2D eigenvalue weighted by Gasteiger charge is 2.57. The third kappa shape index (κ3) is 5.56. The third-order valence-corrected chi connectivity index (χ3v) is 9.39. The van der Waals surface area contributed by atoms with Gasteiger partial charge in [0, 0.05) is 42.4 Å². The van der Waals surface area contributed by atoms with Crippen molar-refractivity contribution in [2.75, 3.05) is 20.3 Å². The predicted molar refractivity (Wildman–Crippen MR) is 161 cm³/mol. The molecule has 1 unspecified atom stereocenters. The topological polar surface area (TPSA) is 96.3 Å². The van der Waals surface area contributed by atoms with Gasteiger partial charge in [0.05, 0.1) is 22.8 Å². The summed E-state index contributed by atoms with van der Waals surface area (Å²) in [7, 11) is 1.39. The number of aliphatic carboxylic acids is 1. The molecule has 1 fully saturated rings. The van der Waals surface area contributed by atoms with Crippen molar-refractivity contribution in [3.63, 3.8) is 0 Å². The zero-order chi connectivity index (χ0) is 30.9. The van der Waals surface area contributed by atoms with Gasteiger partial charge in [0.2, 0.25) is 0 Å². The number of hydrogen-bond acceptors (Lipinski definition) is 5. The molecule has 3 aromatic rings. The molecule has 2 heterocycles. The highest BCUT2D eigenvalue weighted by atomic mass is 35.5. The van der Waals surface area contributed by atoms with E-state index in [-0.39, 0.29) is 29.9 Å². The normalized spacial score (nSPS) is 21.0. The number of rotatable bonds is 10. The average Bonchev–Trinajstić information content (AvgIpc) is 3.27. The second-order valence-electron chi connectivity index (χ2n) is 11.1. The van der Waals surface area contributed by atoms with Crippen LogP contribution in [0.1, 0.15) is 77.7 Å². The molecule has 2 N–H and O–H groups in total. The molecule has 0 bridgehead atoms. The van der Waals surface area contributed by atoms with Gasteiger partial charge >= 0.3 is 5.97 Å². The molecule has 0 radical (unpaired) electrons. The Labute approximate surface area is 260 Å². The maximum atomic E-state index is 16.7. The van der Waals surface area contributed by atoms with Crippen LogP contribution in [0.2, 0.25) is 10.0 Å². The summed E-state index contributed by atoms with van der Waals surface area (Å²) in [4.78, 5) is 27.8. The summed E-state index contributed by atoms with van der Waals surface area (Å²) in [6, 6.07) is 15.3. The summed E-state index contributed by atoms with van der Waals surface area (Å²) in [5.74, 6) is -2.50. The lowest BCUT2D eigenvalue weighted by Crippen LogP contribution is -2.48. The van der Waals surface area contributed by atoms with Crippen LogP contribution < -0.4 is 0 Å². The van der Waals surface area contributed by atoms with Crippen molar-refractivity contribution < 1.29 is 33.7 Å². The first-order valence-electron chi connectivity index (χ1n) is 14.3. The number of amides is 1. The van der Waals surface area contributed by atoms with Crippen LogP contribution in [0.5, 0.6) is 0 Å². The Morgan fingerprint density at radius 2 is 1.72 bits per heavy atom. The molecule has 7 nitrogen and oxygen atoms in total. The average molecular weight is 631 g/mol. The van der Waals surface area contributed by atoms with Crippen LogP contribution in [0.15, 0.2) is 60.7 Å². The molecule has 10 heteroatoms. The monoisotopic (exact) mass is 629 g/mol. The zero-order valence-electron chi connectivity index (χ0n) is 24.0. The quantitative estimate of drug-likeness (QED) is 0.249. The first-order chi connectivity index (χ1) is 20.6. The summed E-state index contributed by atoms with van der Waals surface area (Å²) < 4.78 is 28.4. The molecule has 3 aromatic carbocycles. The van der Waals surface area contributed by atoms with Crippen LogP contribution in [0.3, 0.4) is 0 Å². The summed E-state index contributed by atoms with van der Waals surface area (Å²) in [6.45, 7) is 2.82. The highest BCUT2D eigenvalue weighted by molar-refractivity contribution is 6.30. The Morgan fingerprint density at radius 1 is 1.12 bits per heavy atom. The van der Waals surface area contributed by atoms with E-state index in [0.717, 1.165) is 0 Å². The zero-order valence-corrected chi connectivity index (χ0v) is 25.5. The minimum Gasteiger partial charge on any atom is -0.481 e. The summed E-state index contributed by atoms with van der Waals surface area (Å²) in [5, 5.41) is 22.5. The largest absolute Gasteiger partial charge is 0.481 e. The van der Waals surface area contributed by atoms with Crippen molar-refractivity contribution in [1.82, 2.24) is 4.90 Å². The fraction of sp³-hybridized carbons (Fsp3) is 0.394. The summed E-state index contributed by atoms with van der Waals surface area (Å²) in [5.41, 5.74) is -1.78. The van der Waals surface area contributed by atoms with E-state index in [1.165, 1.54) is 18.1 Å². The predicted octanol–water partition coefficient (Wildman–Crippen LogP) is 7.07. The van der Waals surface area contributed by atoms with E-state index in [9.17, 15) is 19.8 Å². The molecule has 0 aromatic heterocycles. The number of fused-ring (bicyclic) bond motifs is 1. The van der Waals surface area contributed by atoms with Crippen molar-refractivity contribution in [1.29, 1.82) is 0 Å². The van der Waals surface area contributed by atoms with Gasteiger partial charge in [0.15, 0.2) is 5.72 Å². The van der Waals surface area contributed by atoms with Crippen LogP contribution in [-0.4, -0.2) is 47.3 Å². The SMILES string of the molecule is CCC(O)(c1cc(F)c2c(c1)C(=O)N([C@@H](CCC(=O)O)c1ccc(Cl)cc1)[C@@]2(OC)c1ccc(Cl)cc1)C1CCOCC1. The number of carboxylic acid groups (broad SMARTS) is 1. The van der Waals surface area contributed by atoms with Crippen molar-refractivity contribution >= 4 is 35.1 Å². The van der Waals surface area contributed by atoms with Crippen molar-refractivity contribution in [2.45, 2.75) is 56.4 Å². The molecule has 0 saturated carbocycles. The fourth-order valence-corrected chi connectivity index (χ4v) is 6.95. The van der Waals surface area contributed by atoms with E-state index in [1.54, 1.807) is 54.6 Å². The molecule has 0 aliphatic carbocycles. The summed E-state index contributed by atoms with van der Waals surface area (Å²) in [6.07, 6.45) is 1.27. The number of carbonyl (C=O) groups is 2. The molecular weight excluding hydrogens is 596 g/mol. The molecule has 3 atom stereocenters. The number of methoxy groups -OCH3 is 1. The number of hydrogen-bond donors (Lipinski definition) is 2. The highest BCUT2D eigenvalue weighted by Crippen LogP contribution is 2.52. The van der Waals surface area contributed by atoms with Gasteiger partial charge in [-0.2, -0.15) is 0 Å². The van der Waals surface area contributed by atoms with E-state index in [2.05, 4.69) is 0 Å². The van der Waals surface area contributed by atoms with E-state index in [1.807, 2.05) is 6.92 Å². The lowest BCUT2D eigenvalue weighted by molar-refractivity contribution is -0.138. The van der Waals surface area contributed by atoms with Gasteiger partial charge in [-0.15, -0.1) is 0 Å². The lowest BCUT2D eigenvalue weighted by atomic mass is 9.74. The second kappa shape index (κ2) is 12.5. The fourth-order valence-electron chi connectivity index (χ4n) is 6.70. The number of carbonyl (C=O) groups excluding carboxylic acids is 1. The van der Waals surface area contributed by atoms with Gasteiger partial charge in [-0.1, -0.05) is 54.4 Å². The number of benzene rings is 3. The van der Waals surface area contributed by atoms with Gasteiger partial charge in [-0.25, -0.2) is 4.39 Å². The van der Waals surface area contributed by atoms with Gasteiger partial charge in [-0.05, 0) is 79.1 Å². The summed E-state index contributed by atoms with van der Waals surface area (Å²) >= 11 is 12.4. The lowest BCUT2D eigenvalue weighted by Gasteiger charge is -2.43. The Bertz CT molecular complexity index is 1490. The Hall–Kier alpha value is -3.01. The van der Waals surface area contributed by atoms with Crippen LogP contribution in [-0.2, 0) is 25.6 Å². The van der Waals surface area contributed by atoms with Gasteiger partial charge in [0.25, 0.3) is 5.91 Å².